The highest BCUT2D eigenvalue weighted by Gasteiger charge is 2.06. The fraction of sp³-hybridized carbons (Fsp3) is 0.500. The van der Waals surface area contributed by atoms with Gasteiger partial charge in [-0.25, -0.2) is 0 Å². The molecule has 0 spiro atoms. The number of rotatable bonds is 6. The van der Waals surface area contributed by atoms with Gasteiger partial charge in [0, 0.05) is 32.9 Å². The highest BCUT2D eigenvalue weighted by Crippen LogP contribution is 2.26. The van der Waals surface area contributed by atoms with Crippen molar-refractivity contribution in [3.8, 4) is 5.75 Å². The largest absolute Gasteiger partial charge is 0.506 e. The van der Waals surface area contributed by atoms with Gasteiger partial charge in [0.15, 0.2) is 12.1 Å². The SMILES string of the molecule is C=C.CC(=O)c1ccc(O)c(N(C)C)c1.CCOC(C)OCC. The molecule has 132 valence electrons. The van der Waals surface area contributed by atoms with Gasteiger partial charge >= 0.3 is 0 Å². The topological polar surface area (TPSA) is 59.0 Å². The van der Waals surface area contributed by atoms with Crippen LogP contribution < -0.4 is 4.90 Å². The van der Waals surface area contributed by atoms with Crippen LogP contribution in [0.4, 0.5) is 5.69 Å². The number of ether oxygens (including phenoxy) is 2. The lowest BCUT2D eigenvalue weighted by Gasteiger charge is -2.14. The number of carbonyl (C=O) groups excluding carboxylic acids is 1. The van der Waals surface area contributed by atoms with E-state index in [4.69, 9.17) is 9.47 Å². The average Bonchev–Trinajstić information content (AvgIpc) is 2.50. The Morgan fingerprint density at radius 2 is 1.70 bits per heavy atom. The van der Waals surface area contributed by atoms with Crippen molar-refractivity contribution in [2.45, 2.75) is 34.0 Å². The summed E-state index contributed by atoms with van der Waals surface area (Å²) in [6.07, 6.45) is -0.0370. The van der Waals surface area contributed by atoms with Gasteiger partial charge in [-0.15, -0.1) is 13.2 Å². The second-order valence-corrected chi connectivity index (χ2v) is 4.63. The van der Waals surface area contributed by atoms with Crippen molar-refractivity contribution in [1.29, 1.82) is 0 Å². The van der Waals surface area contributed by atoms with E-state index >= 15 is 0 Å². The van der Waals surface area contributed by atoms with E-state index in [2.05, 4.69) is 13.2 Å². The lowest BCUT2D eigenvalue weighted by atomic mass is 10.1. The van der Waals surface area contributed by atoms with E-state index in [9.17, 15) is 9.90 Å². The zero-order valence-electron chi connectivity index (χ0n) is 15.3. The first-order valence-corrected chi connectivity index (χ1v) is 7.57. The minimum Gasteiger partial charge on any atom is -0.506 e. The van der Waals surface area contributed by atoms with Crippen LogP contribution in [0.1, 0.15) is 38.1 Å². The summed E-state index contributed by atoms with van der Waals surface area (Å²) in [6.45, 7) is 14.8. The summed E-state index contributed by atoms with van der Waals surface area (Å²) < 4.78 is 10.1. The van der Waals surface area contributed by atoms with Crippen molar-refractivity contribution >= 4 is 11.5 Å². The maximum absolute atomic E-state index is 11.0. The number of hydrogen-bond acceptors (Lipinski definition) is 5. The van der Waals surface area contributed by atoms with Crippen LogP contribution in [0.2, 0.25) is 0 Å². The Morgan fingerprint density at radius 1 is 1.22 bits per heavy atom. The Labute approximate surface area is 140 Å². The van der Waals surface area contributed by atoms with Crippen LogP contribution in [0, 0.1) is 0 Å². The normalized spacial score (nSPS) is 9.35. The van der Waals surface area contributed by atoms with Gasteiger partial charge in [0.1, 0.15) is 5.75 Å². The standard InChI is InChI=1S/C10H13NO2.C6H14O2.C2H4/c1-7(12)8-4-5-10(13)9(6-8)11(2)3;1-4-7-6(3)8-5-2;1-2/h4-6,13H,1-3H3;6H,4-5H2,1-3H3;1-2H2. The van der Waals surface area contributed by atoms with E-state index in [0.29, 0.717) is 11.3 Å². The van der Waals surface area contributed by atoms with E-state index < -0.39 is 0 Å². The average molecular weight is 325 g/mol. The molecule has 0 fully saturated rings. The van der Waals surface area contributed by atoms with E-state index in [1.807, 2.05) is 34.9 Å². The van der Waals surface area contributed by atoms with Crippen molar-refractivity contribution < 1.29 is 19.4 Å². The number of carbonyl (C=O) groups is 1. The maximum Gasteiger partial charge on any atom is 0.159 e. The quantitative estimate of drug-likeness (QED) is 0.489. The predicted molar refractivity (Wildman–Crippen MR) is 96.4 cm³/mol. The first kappa shape index (κ1) is 23.4. The molecule has 0 aromatic heterocycles. The summed E-state index contributed by atoms with van der Waals surface area (Å²) in [5.41, 5.74) is 1.27. The maximum atomic E-state index is 11.0. The first-order valence-electron chi connectivity index (χ1n) is 7.57. The molecule has 0 saturated heterocycles. The third-order valence-corrected chi connectivity index (χ3v) is 2.67. The van der Waals surface area contributed by atoms with Crippen LogP contribution in [0.5, 0.6) is 5.75 Å². The molecule has 1 N–H and O–H groups in total. The van der Waals surface area contributed by atoms with Gasteiger partial charge in [-0.2, -0.15) is 0 Å². The summed E-state index contributed by atoms with van der Waals surface area (Å²) >= 11 is 0. The zero-order valence-corrected chi connectivity index (χ0v) is 15.3. The molecule has 0 radical (unpaired) electrons. The highest BCUT2D eigenvalue weighted by molar-refractivity contribution is 5.95. The molecule has 0 aliphatic rings. The fourth-order valence-electron chi connectivity index (χ4n) is 1.62. The van der Waals surface area contributed by atoms with Crippen LogP contribution in [0.15, 0.2) is 31.4 Å². The summed E-state index contributed by atoms with van der Waals surface area (Å²) in [5, 5.41) is 9.43. The minimum atomic E-state index is -0.0370. The van der Waals surface area contributed by atoms with Gasteiger partial charge in [-0.05, 0) is 45.9 Å². The Bertz CT molecular complexity index is 441. The van der Waals surface area contributed by atoms with Gasteiger partial charge in [0.05, 0.1) is 5.69 Å². The predicted octanol–water partition coefficient (Wildman–Crippen LogP) is 3.87. The molecule has 0 aliphatic carbocycles. The molecule has 0 amide bonds. The summed E-state index contributed by atoms with van der Waals surface area (Å²) in [6, 6.07) is 4.83. The van der Waals surface area contributed by atoms with Crippen molar-refractivity contribution in [3.63, 3.8) is 0 Å². The zero-order chi connectivity index (χ0) is 18.4. The van der Waals surface area contributed by atoms with E-state index in [0.717, 1.165) is 13.2 Å². The molecule has 0 saturated carbocycles. The number of Topliss-reactive ketones (excluding diaryl/α,β-unsaturated/α-hetero) is 1. The molecule has 23 heavy (non-hydrogen) atoms. The molecule has 1 aromatic rings. The van der Waals surface area contributed by atoms with Crippen molar-refractivity contribution in [3.05, 3.63) is 36.9 Å². The lowest BCUT2D eigenvalue weighted by Crippen LogP contribution is -2.11. The molecular formula is C18H31NO4. The van der Waals surface area contributed by atoms with Crippen molar-refractivity contribution in [2.75, 3.05) is 32.2 Å². The second-order valence-electron chi connectivity index (χ2n) is 4.63. The first-order chi connectivity index (χ1) is 10.8. The lowest BCUT2D eigenvalue weighted by molar-refractivity contribution is -0.123. The summed E-state index contributed by atoms with van der Waals surface area (Å²) in [7, 11) is 3.64. The third kappa shape index (κ3) is 10.5. The summed E-state index contributed by atoms with van der Waals surface area (Å²) in [5.74, 6) is 0.193. The van der Waals surface area contributed by atoms with Crippen LogP contribution in [0.3, 0.4) is 0 Å². The number of benzene rings is 1. The molecule has 1 aromatic carbocycles. The van der Waals surface area contributed by atoms with Crippen LogP contribution in [-0.2, 0) is 9.47 Å². The number of anilines is 1. The molecule has 0 bridgehead atoms. The summed E-state index contributed by atoms with van der Waals surface area (Å²) in [4.78, 5) is 12.8. The van der Waals surface area contributed by atoms with E-state index in [1.54, 1.807) is 17.0 Å². The Kier molecular flexibility index (Phi) is 14.0. The molecule has 1 rings (SSSR count). The Balaban J connectivity index is 0. The van der Waals surface area contributed by atoms with Gasteiger partial charge in [-0.1, -0.05) is 0 Å². The number of ketones is 1. The number of nitrogens with zero attached hydrogens (tertiary/aromatic N) is 1. The molecule has 0 heterocycles. The molecule has 0 unspecified atom stereocenters. The van der Waals surface area contributed by atoms with Gasteiger partial charge in [0.2, 0.25) is 0 Å². The molecule has 5 nitrogen and oxygen atoms in total. The minimum absolute atomic E-state index is 0.00287. The smallest absolute Gasteiger partial charge is 0.159 e. The van der Waals surface area contributed by atoms with Crippen LogP contribution in [0.25, 0.3) is 0 Å². The number of aromatic hydroxyl groups is 1. The van der Waals surface area contributed by atoms with Gasteiger partial charge < -0.3 is 19.5 Å². The van der Waals surface area contributed by atoms with Gasteiger partial charge in [0.25, 0.3) is 0 Å². The fourth-order valence-corrected chi connectivity index (χ4v) is 1.62. The molecule has 0 atom stereocenters. The Hall–Kier alpha value is -1.85. The van der Waals surface area contributed by atoms with Gasteiger partial charge in [-0.3, -0.25) is 4.79 Å². The number of hydrogen-bond donors (Lipinski definition) is 1. The molecule has 0 aliphatic heterocycles. The molecule has 5 heteroatoms. The van der Waals surface area contributed by atoms with E-state index in [-0.39, 0.29) is 17.8 Å². The van der Waals surface area contributed by atoms with Crippen molar-refractivity contribution in [1.82, 2.24) is 0 Å². The third-order valence-electron chi connectivity index (χ3n) is 2.67. The molecular weight excluding hydrogens is 294 g/mol. The number of phenolic OH excluding ortho intramolecular Hbond substituents is 1. The monoisotopic (exact) mass is 325 g/mol. The van der Waals surface area contributed by atoms with Crippen molar-refractivity contribution in [2.24, 2.45) is 0 Å². The highest BCUT2D eigenvalue weighted by atomic mass is 16.7. The Morgan fingerprint density at radius 3 is 2.04 bits per heavy atom. The van der Waals surface area contributed by atoms with Crippen LogP contribution >= 0.6 is 0 Å². The van der Waals surface area contributed by atoms with Crippen LogP contribution in [-0.4, -0.2) is 44.5 Å². The van der Waals surface area contributed by atoms with E-state index in [1.165, 1.54) is 13.0 Å². The second kappa shape index (κ2) is 13.8. The number of phenols is 1.